The number of rotatable bonds is 4. The molecule has 1 fully saturated rings. The van der Waals surface area contributed by atoms with Crippen LogP contribution >= 0.6 is 0 Å². The highest BCUT2D eigenvalue weighted by Crippen LogP contribution is 2.21. The lowest BCUT2D eigenvalue weighted by Crippen LogP contribution is -2.41. The predicted molar refractivity (Wildman–Crippen MR) is 96.8 cm³/mol. The van der Waals surface area contributed by atoms with Crippen molar-refractivity contribution in [3.05, 3.63) is 35.7 Å². The summed E-state index contributed by atoms with van der Waals surface area (Å²) < 4.78 is 14.2. The van der Waals surface area contributed by atoms with Gasteiger partial charge in [-0.05, 0) is 37.9 Å². The zero-order valence-electron chi connectivity index (χ0n) is 13.9. The Bertz CT molecular complexity index is 833. The van der Waals surface area contributed by atoms with E-state index in [1.165, 1.54) is 0 Å². The van der Waals surface area contributed by atoms with Crippen molar-refractivity contribution in [2.45, 2.75) is 12.8 Å². The molecule has 0 saturated carbocycles. The van der Waals surface area contributed by atoms with E-state index in [1.54, 1.807) is 6.20 Å². The number of aromatic nitrogens is 2. The summed E-state index contributed by atoms with van der Waals surface area (Å²) in [6, 6.07) is 1.84. The van der Waals surface area contributed by atoms with Crippen LogP contribution < -0.4 is 21.7 Å². The second-order valence-corrected chi connectivity index (χ2v) is 6.53. The molecule has 6 N–H and O–H groups in total. The molecule has 0 bridgehead atoms. The maximum absolute atomic E-state index is 14.2. The fourth-order valence-corrected chi connectivity index (χ4v) is 3.31. The van der Waals surface area contributed by atoms with Gasteiger partial charge in [0.2, 0.25) is 0 Å². The van der Waals surface area contributed by atoms with E-state index in [4.69, 9.17) is 5.73 Å². The number of halogens is 1. The Morgan fingerprint density at radius 1 is 1.40 bits per heavy atom. The molecule has 7 nitrogen and oxygen atoms in total. The van der Waals surface area contributed by atoms with Crippen molar-refractivity contribution in [2.24, 2.45) is 10.9 Å². The molecule has 4 rings (SSSR count). The highest BCUT2D eigenvalue weighted by atomic mass is 19.1. The standard InChI is InChI=1S/C17H22FN7/c18-14-9-24-16(13-8-23-15-12(13)4-11(19)7-22-15)25-17(14)21-6-10-2-1-3-20-5-10/h4,7-8,10,20-21H,1-3,5-6,9,19H2,(H,22,23)(H,24,25)/t10-/m0/s1. The van der Waals surface area contributed by atoms with Crippen LogP contribution in [0.5, 0.6) is 0 Å². The number of anilines is 1. The van der Waals surface area contributed by atoms with Crippen LogP contribution in [0.2, 0.25) is 0 Å². The van der Waals surface area contributed by atoms with Crippen LogP contribution in [0.4, 0.5) is 10.1 Å². The van der Waals surface area contributed by atoms with Crippen LogP contribution in [0.3, 0.4) is 0 Å². The number of piperidine rings is 1. The number of aliphatic imine (C=N–C) groups is 1. The van der Waals surface area contributed by atoms with Crippen LogP contribution in [0.25, 0.3) is 11.0 Å². The number of nitrogen functional groups attached to an aromatic ring is 1. The van der Waals surface area contributed by atoms with Crippen LogP contribution in [0, 0.1) is 5.92 Å². The van der Waals surface area contributed by atoms with Gasteiger partial charge in [-0.3, -0.25) is 4.99 Å². The molecule has 0 unspecified atom stereocenters. The van der Waals surface area contributed by atoms with Crippen molar-refractivity contribution in [3.8, 4) is 0 Å². The quantitative estimate of drug-likeness (QED) is 0.574. The number of fused-ring (bicyclic) bond motifs is 1. The smallest absolute Gasteiger partial charge is 0.162 e. The maximum Gasteiger partial charge on any atom is 0.162 e. The fourth-order valence-electron chi connectivity index (χ4n) is 3.31. The first-order valence-electron chi connectivity index (χ1n) is 8.58. The minimum Gasteiger partial charge on any atom is -0.397 e. The van der Waals surface area contributed by atoms with Gasteiger partial charge in [-0.15, -0.1) is 0 Å². The maximum atomic E-state index is 14.2. The van der Waals surface area contributed by atoms with E-state index in [2.05, 4.69) is 30.9 Å². The summed E-state index contributed by atoms with van der Waals surface area (Å²) in [6.07, 6.45) is 5.74. The zero-order chi connectivity index (χ0) is 17.2. The largest absolute Gasteiger partial charge is 0.397 e. The third-order valence-corrected chi connectivity index (χ3v) is 4.66. The molecule has 1 saturated heterocycles. The molecule has 0 aliphatic carbocycles. The highest BCUT2D eigenvalue weighted by Gasteiger charge is 2.20. The number of hydrogen-bond donors (Lipinski definition) is 5. The number of nitrogens with two attached hydrogens (primary N) is 1. The van der Waals surface area contributed by atoms with Gasteiger partial charge in [0.05, 0.1) is 18.4 Å². The van der Waals surface area contributed by atoms with Crippen molar-refractivity contribution in [2.75, 3.05) is 31.9 Å². The van der Waals surface area contributed by atoms with Crippen molar-refractivity contribution in [3.63, 3.8) is 0 Å². The summed E-state index contributed by atoms with van der Waals surface area (Å²) in [6.45, 7) is 2.80. The summed E-state index contributed by atoms with van der Waals surface area (Å²) in [5.41, 5.74) is 7.98. The van der Waals surface area contributed by atoms with E-state index >= 15 is 0 Å². The molecular formula is C17H22FN7. The number of aromatic amines is 1. The summed E-state index contributed by atoms with van der Waals surface area (Å²) in [5, 5.41) is 10.5. The van der Waals surface area contributed by atoms with Gasteiger partial charge < -0.3 is 26.7 Å². The van der Waals surface area contributed by atoms with Gasteiger partial charge in [0.25, 0.3) is 0 Å². The van der Waals surface area contributed by atoms with E-state index in [0.717, 1.165) is 49.1 Å². The van der Waals surface area contributed by atoms with Crippen molar-refractivity contribution < 1.29 is 4.39 Å². The Hall–Kier alpha value is -2.61. The average Bonchev–Trinajstić information content (AvgIpc) is 3.05. The van der Waals surface area contributed by atoms with Crippen molar-refractivity contribution in [1.29, 1.82) is 0 Å². The second kappa shape index (κ2) is 6.72. The van der Waals surface area contributed by atoms with Crippen molar-refractivity contribution in [1.82, 2.24) is 25.9 Å². The molecule has 0 spiro atoms. The average molecular weight is 343 g/mol. The molecule has 8 heteroatoms. The van der Waals surface area contributed by atoms with Gasteiger partial charge in [-0.1, -0.05) is 0 Å². The number of pyridine rings is 1. The Morgan fingerprint density at radius 2 is 2.32 bits per heavy atom. The first-order chi connectivity index (χ1) is 12.2. The van der Waals surface area contributed by atoms with Gasteiger partial charge in [0.1, 0.15) is 17.3 Å². The third-order valence-electron chi connectivity index (χ3n) is 4.66. The summed E-state index contributed by atoms with van der Waals surface area (Å²) in [7, 11) is 0. The zero-order valence-corrected chi connectivity index (χ0v) is 13.9. The molecule has 0 aromatic carbocycles. The normalized spacial score (nSPS) is 21.2. The Kier molecular flexibility index (Phi) is 4.27. The van der Waals surface area contributed by atoms with Crippen LogP contribution in [0.1, 0.15) is 18.4 Å². The lowest BCUT2D eigenvalue weighted by Gasteiger charge is -2.26. The van der Waals surface area contributed by atoms with Crippen LogP contribution in [-0.2, 0) is 0 Å². The minimum absolute atomic E-state index is 0.0238. The molecule has 2 aliphatic rings. The van der Waals surface area contributed by atoms with E-state index in [9.17, 15) is 4.39 Å². The Morgan fingerprint density at radius 3 is 3.16 bits per heavy atom. The summed E-state index contributed by atoms with van der Waals surface area (Å²) in [4.78, 5) is 11.7. The first kappa shape index (κ1) is 15.9. The molecule has 132 valence electrons. The van der Waals surface area contributed by atoms with Gasteiger partial charge in [0, 0.05) is 23.7 Å². The topological polar surface area (TPSA) is 103 Å². The monoisotopic (exact) mass is 343 g/mol. The van der Waals surface area contributed by atoms with E-state index in [0.29, 0.717) is 23.3 Å². The fraction of sp³-hybridized carbons (Fsp3) is 0.412. The Balaban J connectivity index is 1.49. The Labute approximate surface area is 145 Å². The first-order valence-corrected chi connectivity index (χ1v) is 8.58. The SMILES string of the molecule is Nc1cnc2[nH]cc(C3=NCC(F)=C(NC[C@H]4CCCNC4)N3)c2c1. The van der Waals surface area contributed by atoms with Gasteiger partial charge >= 0.3 is 0 Å². The summed E-state index contributed by atoms with van der Waals surface area (Å²) >= 11 is 0. The molecular weight excluding hydrogens is 321 g/mol. The number of amidine groups is 1. The van der Waals surface area contributed by atoms with Gasteiger partial charge in [-0.25, -0.2) is 9.37 Å². The van der Waals surface area contributed by atoms with Crippen molar-refractivity contribution >= 4 is 22.6 Å². The molecule has 0 amide bonds. The molecule has 1 atom stereocenters. The van der Waals surface area contributed by atoms with E-state index in [-0.39, 0.29) is 12.4 Å². The minimum atomic E-state index is -0.273. The lowest BCUT2D eigenvalue weighted by atomic mass is 10.00. The molecule has 2 aromatic heterocycles. The molecule has 4 heterocycles. The van der Waals surface area contributed by atoms with E-state index < -0.39 is 0 Å². The molecule has 0 radical (unpaired) electrons. The second-order valence-electron chi connectivity index (χ2n) is 6.53. The van der Waals surface area contributed by atoms with E-state index in [1.807, 2.05) is 12.3 Å². The molecule has 2 aromatic rings. The predicted octanol–water partition coefficient (Wildman–Crippen LogP) is 1.22. The van der Waals surface area contributed by atoms with Crippen LogP contribution in [-0.4, -0.2) is 42.0 Å². The van der Waals surface area contributed by atoms with Crippen LogP contribution in [0.15, 0.2) is 35.1 Å². The third kappa shape index (κ3) is 3.30. The molecule has 2 aliphatic heterocycles. The molecule has 25 heavy (non-hydrogen) atoms. The van der Waals surface area contributed by atoms with Gasteiger partial charge in [0.15, 0.2) is 5.83 Å². The van der Waals surface area contributed by atoms with Gasteiger partial charge in [-0.2, -0.15) is 0 Å². The number of H-pyrrole nitrogens is 1. The lowest BCUT2D eigenvalue weighted by molar-refractivity contribution is 0.365. The highest BCUT2D eigenvalue weighted by molar-refractivity contribution is 6.10. The number of hydrogen-bond acceptors (Lipinski definition) is 6. The number of nitrogens with zero attached hydrogens (tertiary/aromatic N) is 2. The number of nitrogens with one attached hydrogen (secondary N) is 4. The summed E-state index contributed by atoms with van der Waals surface area (Å²) in [5.74, 6) is 1.26.